The van der Waals surface area contributed by atoms with E-state index in [1.165, 1.54) is 24.0 Å². The Balaban J connectivity index is 1.88. The Bertz CT molecular complexity index is 690. The van der Waals surface area contributed by atoms with Crippen LogP contribution in [0.15, 0.2) is 46.5 Å². The first-order valence-corrected chi connectivity index (χ1v) is 7.64. The molecule has 2 N–H and O–H groups in total. The Kier molecular flexibility index (Phi) is 5.41. The summed E-state index contributed by atoms with van der Waals surface area (Å²) in [6, 6.07) is 8.53. The van der Waals surface area contributed by atoms with Gasteiger partial charge in [0.15, 0.2) is 5.16 Å². The molecule has 1 aromatic carbocycles. The minimum Gasteiger partial charge on any atom is -0.349 e. The quantitative estimate of drug-likeness (QED) is 0.654. The van der Waals surface area contributed by atoms with Gasteiger partial charge >= 0.3 is 0 Å². The number of halogens is 1. The molecular formula is C14H14ClN3O2S. The molecule has 7 heteroatoms. The zero-order valence-corrected chi connectivity index (χ0v) is 12.9. The van der Waals surface area contributed by atoms with Gasteiger partial charge < -0.3 is 10.3 Å². The molecule has 0 aliphatic heterocycles. The topological polar surface area (TPSA) is 74.8 Å². The number of benzene rings is 1. The maximum Gasteiger partial charge on any atom is 0.251 e. The van der Waals surface area contributed by atoms with Crippen LogP contribution in [0.25, 0.3) is 0 Å². The molecule has 0 aliphatic rings. The SMILES string of the molecule is C[C@H](NC(=O)CSc1nccc(=O)[nH]1)c1cccc(Cl)c1. The van der Waals surface area contributed by atoms with Crippen molar-refractivity contribution in [2.24, 2.45) is 0 Å². The van der Waals surface area contributed by atoms with Crippen molar-refractivity contribution in [3.63, 3.8) is 0 Å². The van der Waals surface area contributed by atoms with Crippen molar-refractivity contribution in [3.05, 3.63) is 57.5 Å². The molecule has 0 radical (unpaired) electrons. The highest BCUT2D eigenvalue weighted by Gasteiger charge is 2.10. The summed E-state index contributed by atoms with van der Waals surface area (Å²) >= 11 is 7.10. The van der Waals surface area contributed by atoms with E-state index >= 15 is 0 Å². The molecular weight excluding hydrogens is 310 g/mol. The number of amides is 1. The molecule has 110 valence electrons. The normalized spacial score (nSPS) is 11.9. The van der Waals surface area contributed by atoms with Crippen LogP contribution in [-0.2, 0) is 4.79 Å². The predicted molar refractivity (Wildman–Crippen MR) is 83.6 cm³/mol. The van der Waals surface area contributed by atoms with Gasteiger partial charge in [0, 0.05) is 17.3 Å². The summed E-state index contributed by atoms with van der Waals surface area (Å²) in [5, 5.41) is 3.93. The van der Waals surface area contributed by atoms with Gasteiger partial charge in [-0.25, -0.2) is 4.98 Å². The maximum atomic E-state index is 11.9. The lowest BCUT2D eigenvalue weighted by Crippen LogP contribution is -2.28. The number of nitrogens with one attached hydrogen (secondary N) is 2. The Morgan fingerprint density at radius 1 is 1.48 bits per heavy atom. The van der Waals surface area contributed by atoms with E-state index in [1.54, 1.807) is 6.07 Å². The smallest absolute Gasteiger partial charge is 0.251 e. The molecule has 1 atom stereocenters. The summed E-state index contributed by atoms with van der Waals surface area (Å²) in [6.45, 7) is 1.89. The third kappa shape index (κ3) is 4.91. The standard InChI is InChI=1S/C14H14ClN3O2S/c1-9(10-3-2-4-11(15)7-10)17-13(20)8-21-14-16-6-5-12(19)18-14/h2-7,9H,8H2,1H3,(H,17,20)(H,16,18,19)/t9-/m0/s1. The Labute approximate surface area is 131 Å². The van der Waals surface area contributed by atoms with Crippen molar-refractivity contribution < 1.29 is 4.79 Å². The molecule has 0 aliphatic carbocycles. The van der Waals surface area contributed by atoms with Crippen LogP contribution < -0.4 is 10.9 Å². The summed E-state index contributed by atoms with van der Waals surface area (Å²) in [6.07, 6.45) is 1.41. The Morgan fingerprint density at radius 3 is 3.00 bits per heavy atom. The second-order valence-electron chi connectivity index (χ2n) is 4.37. The number of hydrogen-bond acceptors (Lipinski definition) is 4. The summed E-state index contributed by atoms with van der Waals surface area (Å²) in [7, 11) is 0. The van der Waals surface area contributed by atoms with Gasteiger partial charge in [0.2, 0.25) is 5.91 Å². The second kappa shape index (κ2) is 7.28. The molecule has 1 amide bonds. The summed E-state index contributed by atoms with van der Waals surface area (Å²) < 4.78 is 0. The average Bonchev–Trinajstić information content (AvgIpc) is 2.45. The maximum absolute atomic E-state index is 11.9. The number of rotatable bonds is 5. The number of thioether (sulfide) groups is 1. The first-order valence-electron chi connectivity index (χ1n) is 6.27. The monoisotopic (exact) mass is 323 g/mol. The van der Waals surface area contributed by atoms with Crippen molar-refractivity contribution in [1.82, 2.24) is 15.3 Å². The van der Waals surface area contributed by atoms with E-state index in [4.69, 9.17) is 11.6 Å². The number of aromatic amines is 1. The van der Waals surface area contributed by atoms with Crippen LogP contribution in [0.2, 0.25) is 5.02 Å². The Hall–Kier alpha value is -1.79. The van der Waals surface area contributed by atoms with Crippen LogP contribution in [0.3, 0.4) is 0 Å². The van der Waals surface area contributed by atoms with Crippen molar-refractivity contribution in [2.75, 3.05) is 5.75 Å². The molecule has 0 unspecified atom stereocenters. The van der Waals surface area contributed by atoms with E-state index in [-0.39, 0.29) is 23.3 Å². The fourth-order valence-electron chi connectivity index (χ4n) is 1.70. The first kappa shape index (κ1) is 15.6. The Morgan fingerprint density at radius 2 is 2.29 bits per heavy atom. The highest BCUT2D eigenvalue weighted by atomic mass is 35.5. The average molecular weight is 324 g/mol. The molecule has 21 heavy (non-hydrogen) atoms. The van der Waals surface area contributed by atoms with Gasteiger partial charge in [-0.2, -0.15) is 0 Å². The first-order chi connectivity index (χ1) is 10.0. The minimum absolute atomic E-state index is 0.139. The zero-order chi connectivity index (χ0) is 15.2. The largest absolute Gasteiger partial charge is 0.349 e. The van der Waals surface area contributed by atoms with Crippen LogP contribution in [0.5, 0.6) is 0 Å². The molecule has 1 heterocycles. The summed E-state index contributed by atoms with van der Waals surface area (Å²) in [5.41, 5.74) is 0.701. The number of hydrogen-bond donors (Lipinski definition) is 2. The zero-order valence-electron chi connectivity index (χ0n) is 11.3. The van der Waals surface area contributed by atoms with Crippen LogP contribution in [-0.4, -0.2) is 21.6 Å². The van der Waals surface area contributed by atoms with E-state index in [0.29, 0.717) is 10.2 Å². The number of carbonyl (C=O) groups excluding carboxylic acids is 1. The summed E-state index contributed by atoms with van der Waals surface area (Å²) in [5.74, 6) is 0.0386. The second-order valence-corrected chi connectivity index (χ2v) is 5.77. The summed E-state index contributed by atoms with van der Waals surface area (Å²) in [4.78, 5) is 29.5. The molecule has 0 bridgehead atoms. The van der Waals surface area contributed by atoms with Crippen molar-refractivity contribution >= 4 is 29.3 Å². The van der Waals surface area contributed by atoms with Crippen molar-refractivity contribution in [2.45, 2.75) is 18.1 Å². The van der Waals surface area contributed by atoms with Gasteiger partial charge in [0.05, 0.1) is 11.8 Å². The van der Waals surface area contributed by atoms with Crippen LogP contribution in [0, 0.1) is 0 Å². The molecule has 5 nitrogen and oxygen atoms in total. The van der Waals surface area contributed by atoms with E-state index in [9.17, 15) is 9.59 Å². The third-order valence-electron chi connectivity index (χ3n) is 2.71. The van der Waals surface area contributed by atoms with Crippen molar-refractivity contribution in [1.29, 1.82) is 0 Å². The van der Waals surface area contributed by atoms with E-state index in [2.05, 4.69) is 15.3 Å². The molecule has 0 saturated heterocycles. The van der Waals surface area contributed by atoms with Crippen LogP contribution in [0.1, 0.15) is 18.5 Å². The predicted octanol–water partition coefficient (Wildman–Crippen LogP) is 2.39. The van der Waals surface area contributed by atoms with Crippen molar-refractivity contribution in [3.8, 4) is 0 Å². The van der Waals surface area contributed by atoms with E-state index < -0.39 is 0 Å². The molecule has 0 saturated carbocycles. The van der Waals surface area contributed by atoms with E-state index in [0.717, 1.165) is 5.56 Å². The molecule has 1 aromatic heterocycles. The number of nitrogens with zero attached hydrogens (tertiary/aromatic N) is 1. The van der Waals surface area contributed by atoms with Gasteiger partial charge in [-0.05, 0) is 24.6 Å². The number of H-pyrrole nitrogens is 1. The highest BCUT2D eigenvalue weighted by molar-refractivity contribution is 7.99. The molecule has 2 aromatic rings. The van der Waals surface area contributed by atoms with E-state index in [1.807, 2.05) is 25.1 Å². The number of carbonyl (C=O) groups is 1. The molecule has 0 fully saturated rings. The lowest BCUT2D eigenvalue weighted by molar-refractivity contribution is -0.119. The van der Waals surface area contributed by atoms with Crippen LogP contribution >= 0.6 is 23.4 Å². The highest BCUT2D eigenvalue weighted by Crippen LogP contribution is 2.17. The molecule has 2 rings (SSSR count). The number of aromatic nitrogens is 2. The third-order valence-corrected chi connectivity index (χ3v) is 3.84. The molecule has 0 spiro atoms. The van der Waals surface area contributed by atoms with Gasteiger partial charge in [0.1, 0.15) is 0 Å². The fourth-order valence-corrected chi connectivity index (χ4v) is 2.56. The van der Waals surface area contributed by atoms with Gasteiger partial charge in [-0.3, -0.25) is 9.59 Å². The van der Waals surface area contributed by atoms with Gasteiger partial charge in [-0.1, -0.05) is 35.5 Å². The lowest BCUT2D eigenvalue weighted by atomic mass is 10.1. The minimum atomic E-state index is -0.236. The van der Waals surface area contributed by atoms with Gasteiger partial charge in [0.25, 0.3) is 5.56 Å². The van der Waals surface area contributed by atoms with Gasteiger partial charge in [-0.15, -0.1) is 0 Å². The lowest BCUT2D eigenvalue weighted by Gasteiger charge is -2.14. The fraction of sp³-hybridized carbons (Fsp3) is 0.214. The van der Waals surface area contributed by atoms with Crippen LogP contribution in [0.4, 0.5) is 0 Å².